The fourth-order valence-electron chi connectivity index (χ4n) is 1.95. The van der Waals surface area contributed by atoms with E-state index in [-0.39, 0.29) is 0 Å². The van der Waals surface area contributed by atoms with Crippen molar-refractivity contribution in [2.75, 3.05) is 18.9 Å². The first-order valence-electron chi connectivity index (χ1n) is 5.73. The minimum Gasteiger partial charge on any atom is -0.302 e. The Morgan fingerprint density at radius 3 is 2.56 bits per heavy atom. The lowest BCUT2D eigenvalue weighted by Gasteiger charge is -2.28. The zero-order chi connectivity index (χ0) is 12.2. The molecule has 0 saturated carbocycles. The van der Waals surface area contributed by atoms with Crippen LogP contribution < -0.4 is 0 Å². The molecule has 1 nitrogen and oxygen atoms in total. The lowest BCUT2D eigenvalue weighted by Crippen LogP contribution is -2.32. The Balaban J connectivity index is 2.55. The zero-order valence-electron chi connectivity index (χ0n) is 10.8. The molecule has 0 bridgehead atoms. The maximum Gasteiger partial charge on any atom is 0.0231 e. The molecule has 1 aromatic rings. The highest BCUT2D eigenvalue weighted by atomic mass is 79.9. The first kappa shape index (κ1) is 13.7. The largest absolute Gasteiger partial charge is 0.302 e. The first-order valence-corrected chi connectivity index (χ1v) is 6.85. The summed E-state index contributed by atoms with van der Waals surface area (Å²) in [4.78, 5) is 2.38. The number of benzene rings is 1. The van der Waals surface area contributed by atoms with Crippen LogP contribution in [0.3, 0.4) is 0 Å². The van der Waals surface area contributed by atoms with E-state index in [0.29, 0.717) is 5.41 Å². The molecule has 16 heavy (non-hydrogen) atoms. The van der Waals surface area contributed by atoms with Crippen LogP contribution in [0.1, 0.15) is 25.0 Å². The van der Waals surface area contributed by atoms with Crippen molar-refractivity contribution in [3.8, 4) is 0 Å². The zero-order valence-corrected chi connectivity index (χ0v) is 12.3. The van der Waals surface area contributed by atoms with E-state index in [0.717, 1.165) is 18.4 Å². The van der Waals surface area contributed by atoms with Gasteiger partial charge in [0.2, 0.25) is 0 Å². The Labute approximate surface area is 108 Å². The fourth-order valence-corrected chi connectivity index (χ4v) is 2.13. The van der Waals surface area contributed by atoms with Crippen molar-refractivity contribution < 1.29 is 0 Å². The second-order valence-corrected chi connectivity index (χ2v) is 6.02. The highest BCUT2D eigenvalue weighted by Gasteiger charge is 2.18. The average molecular weight is 284 g/mol. The highest BCUT2D eigenvalue weighted by molar-refractivity contribution is 9.09. The van der Waals surface area contributed by atoms with Crippen molar-refractivity contribution in [3.05, 3.63) is 35.4 Å². The molecule has 0 atom stereocenters. The van der Waals surface area contributed by atoms with Crippen molar-refractivity contribution in [2.45, 2.75) is 27.3 Å². The predicted molar refractivity (Wildman–Crippen MR) is 75.1 cm³/mol. The Morgan fingerprint density at radius 1 is 1.31 bits per heavy atom. The first-order chi connectivity index (χ1) is 7.43. The molecule has 0 heterocycles. The minimum atomic E-state index is 0.332. The molecule has 0 aliphatic carbocycles. The second kappa shape index (κ2) is 5.83. The summed E-state index contributed by atoms with van der Waals surface area (Å²) in [5.41, 5.74) is 3.07. The van der Waals surface area contributed by atoms with Crippen LogP contribution in [0.25, 0.3) is 0 Å². The lowest BCUT2D eigenvalue weighted by atomic mass is 9.96. The van der Waals surface area contributed by atoms with Crippen LogP contribution in [-0.2, 0) is 6.54 Å². The van der Waals surface area contributed by atoms with Crippen LogP contribution in [-0.4, -0.2) is 23.8 Å². The van der Waals surface area contributed by atoms with E-state index in [1.165, 1.54) is 11.1 Å². The molecule has 0 aliphatic rings. The van der Waals surface area contributed by atoms with Crippen LogP contribution in [0, 0.1) is 12.3 Å². The molecule has 0 spiro atoms. The van der Waals surface area contributed by atoms with Gasteiger partial charge in [0, 0.05) is 18.4 Å². The molecule has 0 amide bonds. The van der Waals surface area contributed by atoms with E-state index < -0.39 is 0 Å². The van der Waals surface area contributed by atoms with Gasteiger partial charge in [-0.2, -0.15) is 0 Å². The van der Waals surface area contributed by atoms with E-state index in [2.05, 4.69) is 72.9 Å². The molecule has 0 saturated heterocycles. The maximum absolute atomic E-state index is 3.57. The van der Waals surface area contributed by atoms with Gasteiger partial charge < -0.3 is 4.90 Å². The van der Waals surface area contributed by atoms with Gasteiger partial charge >= 0.3 is 0 Å². The summed E-state index contributed by atoms with van der Waals surface area (Å²) in [5, 5.41) is 1.04. The minimum absolute atomic E-state index is 0.332. The van der Waals surface area contributed by atoms with E-state index in [1.54, 1.807) is 0 Å². The van der Waals surface area contributed by atoms with Gasteiger partial charge in [-0.1, -0.05) is 59.6 Å². The highest BCUT2D eigenvalue weighted by Crippen LogP contribution is 2.20. The number of halogens is 1. The molecule has 2 heteroatoms. The summed E-state index contributed by atoms with van der Waals surface area (Å²) < 4.78 is 0. The smallest absolute Gasteiger partial charge is 0.0231 e. The average Bonchev–Trinajstić information content (AvgIpc) is 2.16. The van der Waals surface area contributed by atoms with Crippen molar-refractivity contribution >= 4 is 15.9 Å². The summed E-state index contributed by atoms with van der Waals surface area (Å²) in [6.45, 7) is 8.85. The third kappa shape index (κ3) is 4.67. The van der Waals surface area contributed by atoms with Crippen LogP contribution in [0.5, 0.6) is 0 Å². The quantitative estimate of drug-likeness (QED) is 0.742. The van der Waals surface area contributed by atoms with E-state index in [1.807, 2.05) is 0 Å². The predicted octanol–water partition coefficient (Wildman–Crippen LogP) is 3.85. The molecule has 0 unspecified atom stereocenters. The van der Waals surface area contributed by atoms with Gasteiger partial charge in [-0.05, 0) is 24.9 Å². The number of hydrogen-bond donors (Lipinski definition) is 0. The van der Waals surface area contributed by atoms with Crippen molar-refractivity contribution in [2.24, 2.45) is 5.41 Å². The van der Waals surface area contributed by atoms with E-state index in [9.17, 15) is 0 Å². The van der Waals surface area contributed by atoms with Gasteiger partial charge in [0.15, 0.2) is 0 Å². The normalized spacial score (nSPS) is 12.1. The summed E-state index contributed by atoms with van der Waals surface area (Å²) in [5.74, 6) is 0. The van der Waals surface area contributed by atoms with Crippen LogP contribution >= 0.6 is 15.9 Å². The number of rotatable bonds is 5. The second-order valence-electron chi connectivity index (χ2n) is 5.46. The van der Waals surface area contributed by atoms with Gasteiger partial charge in [0.1, 0.15) is 0 Å². The Hall–Kier alpha value is -0.340. The monoisotopic (exact) mass is 283 g/mol. The molecule has 1 aromatic carbocycles. The third-order valence-electron chi connectivity index (χ3n) is 2.59. The Kier molecular flexibility index (Phi) is 5.00. The molecule has 1 rings (SSSR count). The summed E-state index contributed by atoms with van der Waals surface area (Å²) in [6.07, 6.45) is 0. The number of alkyl halides is 1. The van der Waals surface area contributed by atoms with Crippen LogP contribution in [0.15, 0.2) is 24.3 Å². The molecule has 0 aliphatic heterocycles. The lowest BCUT2D eigenvalue weighted by molar-refractivity contribution is 0.226. The summed E-state index contributed by atoms with van der Waals surface area (Å²) in [6, 6.07) is 8.74. The molecule has 0 N–H and O–H groups in total. The van der Waals surface area contributed by atoms with Gasteiger partial charge in [-0.25, -0.2) is 0 Å². The van der Waals surface area contributed by atoms with Crippen molar-refractivity contribution in [1.82, 2.24) is 4.90 Å². The topological polar surface area (TPSA) is 3.24 Å². The van der Waals surface area contributed by atoms with E-state index >= 15 is 0 Å². The molecular formula is C14H22BrN. The van der Waals surface area contributed by atoms with Crippen LogP contribution in [0.2, 0.25) is 0 Å². The number of aryl methyl sites for hydroxylation is 1. The number of hydrogen-bond acceptors (Lipinski definition) is 1. The standard InChI is InChI=1S/C14H22BrN/c1-12-6-5-7-13(8-12)9-16(4)11-14(2,3)10-15/h5-8H,9-11H2,1-4H3. The third-order valence-corrected chi connectivity index (χ3v) is 4.11. The summed E-state index contributed by atoms with van der Waals surface area (Å²) >= 11 is 3.57. The maximum atomic E-state index is 3.57. The van der Waals surface area contributed by atoms with Crippen molar-refractivity contribution in [1.29, 1.82) is 0 Å². The molecular weight excluding hydrogens is 262 g/mol. The number of nitrogens with zero attached hydrogens (tertiary/aromatic N) is 1. The fraction of sp³-hybridized carbons (Fsp3) is 0.571. The van der Waals surface area contributed by atoms with Crippen molar-refractivity contribution in [3.63, 3.8) is 0 Å². The van der Waals surface area contributed by atoms with Gasteiger partial charge in [0.25, 0.3) is 0 Å². The molecule has 0 aromatic heterocycles. The Bertz CT molecular complexity index is 333. The molecule has 90 valence electrons. The SMILES string of the molecule is Cc1cccc(CN(C)CC(C)(C)CBr)c1. The molecule has 0 fully saturated rings. The molecule has 0 radical (unpaired) electrons. The van der Waals surface area contributed by atoms with Gasteiger partial charge in [0.05, 0.1) is 0 Å². The van der Waals surface area contributed by atoms with Gasteiger partial charge in [-0.3, -0.25) is 0 Å². The van der Waals surface area contributed by atoms with E-state index in [4.69, 9.17) is 0 Å². The van der Waals surface area contributed by atoms with Gasteiger partial charge in [-0.15, -0.1) is 0 Å². The van der Waals surface area contributed by atoms with Crippen LogP contribution in [0.4, 0.5) is 0 Å². The summed E-state index contributed by atoms with van der Waals surface area (Å²) in [7, 11) is 2.19. The Morgan fingerprint density at radius 2 is 2.00 bits per heavy atom.